The molecule has 8 heteroatoms. The normalized spacial score (nSPS) is 21.9. The maximum absolute atomic E-state index is 13.2. The van der Waals surface area contributed by atoms with Gasteiger partial charge in [0.2, 0.25) is 11.0 Å². The Hall–Kier alpha value is -1.70. The highest BCUT2D eigenvalue weighted by Gasteiger charge is 2.45. The summed E-state index contributed by atoms with van der Waals surface area (Å²) in [4.78, 5) is 28.1. The number of aromatic nitrogens is 2. The molecule has 2 heterocycles. The number of nitrogens with zero attached hydrogens (tertiary/aromatic N) is 3. The summed E-state index contributed by atoms with van der Waals surface area (Å²) in [6, 6.07) is 7.46. The molecule has 1 atom stereocenters. The van der Waals surface area contributed by atoms with Crippen molar-refractivity contribution in [1.82, 2.24) is 10.2 Å². The quantitative estimate of drug-likeness (QED) is 0.499. The highest BCUT2D eigenvalue weighted by molar-refractivity contribution is 8.00. The Balaban J connectivity index is 1.90. The van der Waals surface area contributed by atoms with Crippen molar-refractivity contribution in [1.29, 1.82) is 0 Å². The molecule has 0 saturated carbocycles. The van der Waals surface area contributed by atoms with Crippen molar-refractivity contribution >= 4 is 51.5 Å². The van der Waals surface area contributed by atoms with Crippen molar-refractivity contribution in [3.8, 4) is 0 Å². The van der Waals surface area contributed by atoms with Crippen LogP contribution in [0.1, 0.15) is 44.6 Å². The van der Waals surface area contributed by atoms with Gasteiger partial charge in [-0.15, -0.1) is 10.2 Å². The highest BCUT2D eigenvalue weighted by atomic mass is 35.5. The summed E-state index contributed by atoms with van der Waals surface area (Å²) in [6.45, 7) is 4.12. The maximum Gasteiger partial charge on any atom is 0.234 e. The van der Waals surface area contributed by atoms with Gasteiger partial charge in [-0.1, -0.05) is 66.7 Å². The van der Waals surface area contributed by atoms with Crippen LogP contribution in [0.5, 0.6) is 0 Å². The summed E-state index contributed by atoms with van der Waals surface area (Å²) in [5.41, 5.74) is 2.07. The molecule has 4 rings (SSSR count). The van der Waals surface area contributed by atoms with E-state index in [2.05, 4.69) is 24.0 Å². The van der Waals surface area contributed by atoms with Crippen LogP contribution in [0.3, 0.4) is 0 Å². The standard InChI is InChI=1S/C20H20ClN3O2S2/c1-20(2)9-14-17(15(25)10-20)12(11-6-4-5-7-13(11)21)8-16(26)24(14)18-22-23-19(27-3)28-18/h4-7,12H,8-10H2,1-3H3. The van der Waals surface area contributed by atoms with Crippen molar-refractivity contribution < 1.29 is 9.59 Å². The van der Waals surface area contributed by atoms with E-state index in [0.717, 1.165) is 15.6 Å². The molecule has 146 valence electrons. The Bertz CT molecular complexity index is 999. The topological polar surface area (TPSA) is 63.2 Å². The molecule has 28 heavy (non-hydrogen) atoms. The molecule has 0 radical (unpaired) electrons. The molecule has 0 fully saturated rings. The monoisotopic (exact) mass is 433 g/mol. The van der Waals surface area contributed by atoms with E-state index in [4.69, 9.17) is 11.6 Å². The number of Topliss-reactive ketones (excluding diaryl/α,β-unsaturated/α-hetero) is 1. The first-order valence-corrected chi connectivity index (χ1v) is 11.4. The van der Waals surface area contributed by atoms with Crippen LogP contribution in [0, 0.1) is 5.41 Å². The number of amides is 1. The SMILES string of the molecule is CSc1nnc(N2C(=O)CC(c3ccccc3Cl)C3=C2CC(C)(C)CC3=O)s1. The van der Waals surface area contributed by atoms with Crippen LogP contribution in [0.15, 0.2) is 39.9 Å². The van der Waals surface area contributed by atoms with Gasteiger partial charge in [0.05, 0.1) is 0 Å². The molecule has 0 saturated heterocycles. The van der Waals surface area contributed by atoms with Crippen molar-refractivity contribution in [3.05, 3.63) is 46.1 Å². The van der Waals surface area contributed by atoms with Crippen molar-refractivity contribution in [2.75, 3.05) is 11.2 Å². The van der Waals surface area contributed by atoms with Crippen molar-refractivity contribution in [2.24, 2.45) is 5.41 Å². The van der Waals surface area contributed by atoms with Gasteiger partial charge in [-0.3, -0.25) is 14.5 Å². The number of ketones is 1. The molecule has 0 bridgehead atoms. The lowest BCUT2D eigenvalue weighted by Crippen LogP contribution is -2.43. The lowest BCUT2D eigenvalue weighted by atomic mass is 9.69. The summed E-state index contributed by atoms with van der Waals surface area (Å²) >= 11 is 9.30. The minimum Gasteiger partial charge on any atom is -0.294 e. The second kappa shape index (κ2) is 7.28. The molecular formula is C20H20ClN3O2S2. The van der Waals surface area contributed by atoms with E-state index >= 15 is 0 Å². The van der Waals surface area contributed by atoms with E-state index in [9.17, 15) is 9.59 Å². The molecule has 0 N–H and O–H groups in total. The Labute approximate surface area is 177 Å². The van der Waals surface area contributed by atoms with Gasteiger partial charge in [0.15, 0.2) is 10.1 Å². The first kappa shape index (κ1) is 19.6. The van der Waals surface area contributed by atoms with Gasteiger partial charge in [0.1, 0.15) is 0 Å². The first-order chi connectivity index (χ1) is 13.3. The Morgan fingerprint density at radius 1 is 1.21 bits per heavy atom. The molecular weight excluding hydrogens is 414 g/mol. The zero-order chi connectivity index (χ0) is 20.1. The number of anilines is 1. The molecule has 0 spiro atoms. The van der Waals surface area contributed by atoms with Gasteiger partial charge in [-0.25, -0.2) is 0 Å². The largest absolute Gasteiger partial charge is 0.294 e. The predicted octanol–water partition coefficient (Wildman–Crippen LogP) is 5.08. The minimum atomic E-state index is -0.316. The summed E-state index contributed by atoms with van der Waals surface area (Å²) in [7, 11) is 0. The molecule has 1 aromatic heterocycles. The highest BCUT2D eigenvalue weighted by Crippen LogP contribution is 2.49. The van der Waals surface area contributed by atoms with Crippen LogP contribution in [0.25, 0.3) is 0 Å². The van der Waals surface area contributed by atoms with E-state index in [1.807, 2.05) is 24.5 Å². The second-order valence-electron chi connectivity index (χ2n) is 7.86. The van der Waals surface area contributed by atoms with E-state index in [1.165, 1.54) is 23.1 Å². The number of benzene rings is 1. The zero-order valence-corrected chi connectivity index (χ0v) is 18.2. The fourth-order valence-electron chi connectivity index (χ4n) is 4.04. The molecule has 2 aromatic rings. The van der Waals surface area contributed by atoms with Gasteiger partial charge >= 0.3 is 0 Å². The van der Waals surface area contributed by atoms with Crippen molar-refractivity contribution in [2.45, 2.75) is 43.4 Å². The zero-order valence-electron chi connectivity index (χ0n) is 15.9. The van der Waals surface area contributed by atoms with Crippen LogP contribution in [-0.2, 0) is 9.59 Å². The second-order valence-corrected chi connectivity index (χ2v) is 10.3. The van der Waals surface area contributed by atoms with E-state index in [-0.39, 0.29) is 29.4 Å². The average molecular weight is 434 g/mol. The predicted molar refractivity (Wildman–Crippen MR) is 113 cm³/mol. The van der Waals surface area contributed by atoms with Gasteiger partial charge < -0.3 is 0 Å². The van der Waals surface area contributed by atoms with Crippen LogP contribution < -0.4 is 4.90 Å². The van der Waals surface area contributed by atoms with Crippen LogP contribution >= 0.6 is 34.7 Å². The molecule has 1 amide bonds. The fraction of sp³-hybridized carbons (Fsp3) is 0.400. The first-order valence-electron chi connectivity index (χ1n) is 9.02. The Morgan fingerprint density at radius 3 is 2.64 bits per heavy atom. The number of hydrogen-bond acceptors (Lipinski definition) is 6. The van der Waals surface area contributed by atoms with Gasteiger partial charge in [0, 0.05) is 35.1 Å². The average Bonchev–Trinajstić information content (AvgIpc) is 3.09. The Kier molecular flexibility index (Phi) is 5.10. The summed E-state index contributed by atoms with van der Waals surface area (Å²) in [5.74, 6) is -0.301. The lowest BCUT2D eigenvalue weighted by molar-refractivity contribution is -0.121. The number of carbonyl (C=O) groups excluding carboxylic acids is 2. The molecule has 5 nitrogen and oxygen atoms in total. The van der Waals surface area contributed by atoms with E-state index in [1.54, 1.807) is 11.0 Å². The number of hydrogen-bond donors (Lipinski definition) is 0. The fourth-order valence-corrected chi connectivity index (χ4v) is 5.61. The number of carbonyl (C=O) groups is 2. The molecule has 1 aromatic carbocycles. The minimum absolute atomic E-state index is 0.0713. The Morgan fingerprint density at radius 2 is 1.96 bits per heavy atom. The summed E-state index contributed by atoms with van der Waals surface area (Å²) in [6.07, 6.45) is 3.21. The van der Waals surface area contributed by atoms with Crippen LogP contribution in [0.4, 0.5) is 5.13 Å². The molecule has 2 aliphatic rings. The van der Waals surface area contributed by atoms with E-state index in [0.29, 0.717) is 28.6 Å². The third-order valence-corrected chi connectivity index (χ3v) is 7.41. The number of rotatable bonds is 3. The third kappa shape index (κ3) is 3.40. The molecule has 1 aliphatic carbocycles. The number of thioether (sulfide) groups is 1. The van der Waals surface area contributed by atoms with Crippen LogP contribution in [0.2, 0.25) is 5.02 Å². The van der Waals surface area contributed by atoms with Gasteiger partial charge in [-0.05, 0) is 29.7 Å². The summed E-state index contributed by atoms with van der Waals surface area (Å²) in [5, 5.41) is 9.47. The van der Waals surface area contributed by atoms with Gasteiger partial charge in [-0.2, -0.15) is 0 Å². The maximum atomic E-state index is 13.2. The third-order valence-electron chi connectivity index (χ3n) is 5.19. The molecule has 1 unspecified atom stereocenters. The summed E-state index contributed by atoms with van der Waals surface area (Å²) < 4.78 is 0.791. The number of halogens is 1. The smallest absolute Gasteiger partial charge is 0.234 e. The van der Waals surface area contributed by atoms with Crippen LogP contribution in [-0.4, -0.2) is 28.1 Å². The van der Waals surface area contributed by atoms with Crippen molar-refractivity contribution in [3.63, 3.8) is 0 Å². The van der Waals surface area contributed by atoms with E-state index < -0.39 is 0 Å². The lowest BCUT2D eigenvalue weighted by Gasteiger charge is -2.41. The molecule has 1 aliphatic heterocycles. The number of allylic oxidation sites excluding steroid dienone is 2. The van der Waals surface area contributed by atoms with Gasteiger partial charge in [0.25, 0.3) is 0 Å².